The van der Waals surface area contributed by atoms with E-state index in [0.717, 1.165) is 37.8 Å². The number of nitrogens with one attached hydrogen (secondary N) is 1. The number of hydrogen-bond donors (Lipinski definition) is 1. The van der Waals surface area contributed by atoms with Crippen LogP contribution in [0.15, 0.2) is 41.8 Å². The molecule has 1 aromatic carbocycles. The third-order valence-corrected chi connectivity index (χ3v) is 6.39. The number of piperazine rings is 1. The molecule has 154 valence electrons. The molecule has 1 saturated heterocycles. The van der Waals surface area contributed by atoms with Crippen molar-refractivity contribution in [1.82, 2.24) is 20.2 Å². The molecule has 1 fully saturated rings. The van der Waals surface area contributed by atoms with E-state index in [1.807, 2.05) is 16.8 Å². The second-order valence-corrected chi connectivity index (χ2v) is 9.36. The second kappa shape index (κ2) is 8.12. The molecular weight excluding hydrogens is 384 g/mol. The number of rotatable bonds is 5. The van der Waals surface area contributed by atoms with Crippen molar-refractivity contribution in [2.75, 3.05) is 38.2 Å². The van der Waals surface area contributed by atoms with Gasteiger partial charge >= 0.3 is 0 Å². The van der Waals surface area contributed by atoms with Gasteiger partial charge in [0.25, 0.3) is 0 Å². The van der Waals surface area contributed by atoms with E-state index in [9.17, 15) is 0 Å². The van der Waals surface area contributed by atoms with Crippen LogP contribution in [0.25, 0.3) is 0 Å². The van der Waals surface area contributed by atoms with Crippen LogP contribution in [0.3, 0.4) is 0 Å². The van der Waals surface area contributed by atoms with Crippen molar-refractivity contribution >= 4 is 17.0 Å². The van der Waals surface area contributed by atoms with Crippen LogP contribution in [0, 0.1) is 0 Å². The van der Waals surface area contributed by atoms with E-state index in [0.29, 0.717) is 0 Å². The highest BCUT2D eigenvalue weighted by atomic mass is 32.1. The van der Waals surface area contributed by atoms with Crippen LogP contribution < -0.4 is 14.5 Å². The zero-order valence-electron chi connectivity index (χ0n) is 17.5. The average Bonchev–Trinajstić information content (AvgIpc) is 3.41. The Hall–Kier alpha value is -2.45. The largest absolute Gasteiger partial charge is 0.495 e. The summed E-state index contributed by atoms with van der Waals surface area (Å²) in [6, 6.07) is 12.7. The molecule has 2 aromatic heterocycles. The lowest BCUT2D eigenvalue weighted by molar-refractivity contribution is -0.926. The summed E-state index contributed by atoms with van der Waals surface area (Å²) in [5.41, 5.74) is 1.01. The van der Waals surface area contributed by atoms with Gasteiger partial charge in [-0.1, -0.05) is 18.2 Å². The van der Waals surface area contributed by atoms with Gasteiger partial charge in [-0.2, -0.15) is 0 Å². The number of nitrogens with zero attached hydrogens (tertiary/aromatic N) is 5. The Morgan fingerprint density at radius 1 is 1.10 bits per heavy atom. The monoisotopic (exact) mass is 413 g/mol. The molecule has 3 heterocycles. The molecule has 0 radical (unpaired) electrons. The first-order valence-corrected chi connectivity index (χ1v) is 10.9. The van der Waals surface area contributed by atoms with Crippen LogP contribution >= 0.6 is 11.3 Å². The van der Waals surface area contributed by atoms with Gasteiger partial charge in [0.05, 0.1) is 49.4 Å². The fraction of sp³-hybridized carbons (Fsp3) is 0.476. The van der Waals surface area contributed by atoms with Crippen molar-refractivity contribution in [3.8, 4) is 5.75 Å². The number of aromatic nitrogens is 4. The van der Waals surface area contributed by atoms with Crippen LogP contribution in [0.4, 0.5) is 5.69 Å². The molecule has 0 spiro atoms. The highest BCUT2D eigenvalue weighted by Gasteiger charge is 2.37. The zero-order chi connectivity index (χ0) is 20.4. The molecule has 8 heteroatoms. The van der Waals surface area contributed by atoms with Gasteiger partial charge in [0.1, 0.15) is 5.75 Å². The number of anilines is 1. The van der Waals surface area contributed by atoms with Crippen molar-refractivity contribution < 1.29 is 9.64 Å². The second-order valence-electron chi connectivity index (χ2n) is 8.39. The predicted octanol–water partition coefficient (Wildman–Crippen LogP) is 1.99. The number of methoxy groups -OCH3 is 1. The van der Waals surface area contributed by atoms with E-state index in [2.05, 4.69) is 70.8 Å². The smallest absolute Gasteiger partial charge is 0.215 e. The molecule has 7 nitrogen and oxygen atoms in total. The molecule has 3 aromatic rings. The number of ether oxygens (including phenoxy) is 1. The molecule has 1 N–H and O–H groups in total. The lowest BCUT2D eigenvalue weighted by atomic mass is 10.1. The van der Waals surface area contributed by atoms with Crippen LogP contribution in [0.2, 0.25) is 0 Å². The summed E-state index contributed by atoms with van der Waals surface area (Å²) in [4.78, 5) is 5.23. The van der Waals surface area contributed by atoms with E-state index >= 15 is 0 Å². The summed E-state index contributed by atoms with van der Waals surface area (Å²) in [5.74, 6) is 1.88. The average molecular weight is 414 g/mol. The number of para-hydroxylation sites is 2. The number of thiophene rings is 1. The summed E-state index contributed by atoms with van der Waals surface area (Å²) < 4.78 is 7.55. The summed E-state index contributed by atoms with van der Waals surface area (Å²) in [6.45, 7) is 10.4. The van der Waals surface area contributed by atoms with Crippen molar-refractivity contribution in [2.45, 2.75) is 32.4 Å². The maximum Gasteiger partial charge on any atom is 0.215 e. The van der Waals surface area contributed by atoms with Crippen molar-refractivity contribution in [3.05, 3.63) is 52.5 Å². The highest BCUT2D eigenvalue weighted by molar-refractivity contribution is 7.10. The van der Waals surface area contributed by atoms with Crippen LogP contribution in [0.5, 0.6) is 5.75 Å². The minimum atomic E-state index is -0.160. The van der Waals surface area contributed by atoms with Gasteiger partial charge in [0.2, 0.25) is 5.82 Å². The van der Waals surface area contributed by atoms with Crippen molar-refractivity contribution in [1.29, 1.82) is 0 Å². The Morgan fingerprint density at radius 2 is 1.86 bits per heavy atom. The third-order valence-electron chi connectivity index (χ3n) is 5.45. The van der Waals surface area contributed by atoms with Crippen LogP contribution in [-0.4, -0.2) is 53.5 Å². The minimum Gasteiger partial charge on any atom is -0.495 e. The predicted molar refractivity (Wildman–Crippen MR) is 115 cm³/mol. The van der Waals surface area contributed by atoms with Crippen LogP contribution in [-0.2, 0) is 5.54 Å². The Bertz CT molecular complexity index is 925. The summed E-state index contributed by atoms with van der Waals surface area (Å²) in [6.07, 6.45) is 0. The van der Waals surface area contributed by atoms with E-state index in [4.69, 9.17) is 4.74 Å². The Balaban J connectivity index is 1.59. The maximum atomic E-state index is 5.57. The topological polar surface area (TPSA) is 60.5 Å². The molecule has 0 unspecified atom stereocenters. The van der Waals surface area contributed by atoms with Gasteiger partial charge in [0.15, 0.2) is 6.04 Å². The number of tetrazole rings is 1. The Labute approximate surface area is 175 Å². The van der Waals surface area contributed by atoms with E-state index in [-0.39, 0.29) is 11.6 Å². The lowest BCUT2D eigenvalue weighted by Gasteiger charge is -2.37. The van der Waals surface area contributed by atoms with Gasteiger partial charge in [-0.05, 0) is 54.8 Å². The Kier molecular flexibility index (Phi) is 5.56. The number of benzene rings is 1. The molecule has 0 aliphatic carbocycles. The number of hydrogen-bond acceptors (Lipinski definition) is 6. The van der Waals surface area contributed by atoms with Crippen LogP contribution in [0.1, 0.15) is 37.5 Å². The van der Waals surface area contributed by atoms with E-state index < -0.39 is 0 Å². The van der Waals surface area contributed by atoms with Gasteiger partial charge in [-0.3, -0.25) is 0 Å². The SMILES string of the molecule is COc1ccccc1N1CC[NH+]([C@@H](c2cccs2)c2nnnn2C(C)(C)C)CC1. The first-order valence-electron chi connectivity index (χ1n) is 10.0. The molecule has 1 aliphatic heterocycles. The molecule has 1 atom stereocenters. The summed E-state index contributed by atoms with van der Waals surface area (Å²) in [7, 11) is 1.74. The normalized spacial score (nSPS) is 16.8. The molecule has 0 bridgehead atoms. The third kappa shape index (κ3) is 4.00. The van der Waals surface area contributed by atoms with E-state index in [1.54, 1.807) is 18.4 Å². The van der Waals surface area contributed by atoms with Gasteiger partial charge in [0, 0.05) is 0 Å². The molecular formula is C21H29N6OS+. The van der Waals surface area contributed by atoms with E-state index in [1.165, 1.54) is 15.5 Å². The standard InChI is InChI=1S/C21H28N6OS/c1-21(2,3)27-20(22-23-24-27)19(18-10-7-15-29-18)26-13-11-25(12-14-26)16-8-5-6-9-17(16)28-4/h5-10,15,19H,11-14H2,1-4H3/p+1/t19-/m0/s1. The van der Waals surface area contributed by atoms with Gasteiger partial charge < -0.3 is 14.5 Å². The molecule has 4 rings (SSSR count). The first-order chi connectivity index (χ1) is 14.0. The van der Waals surface area contributed by atoms with Gasteiger partial charge in [-0.15, -0.1) is 16.4 Å². The summed E-state index contributed by atoms with van der Waals surface area (Å²) in [5, 5.41) is 15.0. The minimum absolute atomic E-state index is 0.143. The quantitative estimate of drug-likeness (QED) is 0.693. The molecule has 1 aliphatic rings. The zero-order valence-corrected chi connectivity index (χ0v) is 18.3. The lowest BCUT2D eigenvalue weighted by Crippen LogP contribution is -3.15. The summed E-state index contributed by atoms with van der Waals surface area (Å²) >= 11 is 1.78. The number of quaternary nitrogens is 1. The fourth-order valence-electron chi connectivity index (χ4n) is 4.03. The van der Waals surface area contributed by atoms with Gasteiger partial charge in [-0.25, -0.2) is 4.68 Å². The fourth-order valence-corrected chi connectivity index (χ4v) is 4.91. The molecule has 29 heavy (non-hydrogen) atoms. The maximum absolute atomic E-state index is 5.57. The molecule has 0 saturated carbocycles. The van der Waals surface area contributed by atoms with Crippen molar-refractivity contribution in [3.63, 3.8) is 0 Å². The van der Waals surface area contributed by atoms with Crippen molar-refractivity contribution in [2.24, 2.45) is 0 Å². The molecule has 0 amide bonds. The Morgan fingerprint density at radius 3 is 2.52 bits per heavy atom. The first kappa shape index (κ1) is 19.8. The highest BCUT2D eigenvalue weighted by Crippen LogP contribution is 2.29.